The number of rotatable bonds is 4. The molecule has 0 aliphatic rings. The van der Waals surface area contributed by atoms with Gasteiger partial charge in [0.05, 0.1) is 24.9 Å². The zero-order valence-corrected chi connectivity index (χ0v) is 12.3. The highest BCUT2D eigenvalue weighted by Crippen LogP contribution is 2.29. The number of hydrogen-bond acceptors (Lipinski definition) is 4. The number of nitrogens with zero attached hydrogens (tertiary/aromatic N) is 1. The van der Waals surface area contributed by atoms with Crippen LogP contribution in [0.15, 0.2) is 36.5 Å². The summed E-state index contributed by atoms with van der Waals surface area (Å²) in [6, 6.07) is 7.89. The summed E-state index contributed by atoms with van der Waals surface area (Å²) in [6.07, 6.45) is 1.45. The first-order valence-electron chi connectivity index (χ1n) is 6.04. The van der Waals surface area contributed by atoms with Crippen molar-refractivity contribution in [2.45, 2.75) is 0 Å². The Morgan fingerprint density at radius 1 is 1.14 bits per heavy atom. The van der Waals surface area contributed by atoms with Crippen molar-refractivity contribution in [1.82, 2.24) is 4.98 Å². The topological polar surface area (TPSA) is 72.5 Å². The molecule has 0 unspecified atom stereocenters. The minimum absolute atomic E-state index is 0.393. The monoisotopic (exact) mass is 307 g/mol. The second kappa shape index (κ2) is 6.81. The molecule has 7 heteroatoms. The molecule has 0 bridgehead atoms. The van der Waals surface area contributed by atoms with Crippen molar-refractivity contribution in [3.8, 4) is 11.5 Å². The number of aromatic nitrogens is 1. The summed E-state index contributed by atoms with van der Waals surface area (Å²) >= 11 is 5.73. The lowest BCUT2D eigenvalue weighted by molar-refractivity contribution is 0.262. The molecular weight excluding hydrogens is 294 g/mol. The van der Waals surface area contributed by atoms with Crippen LogP contribution in [0.1, 0.15) is 0 Å². The molecule has 2 rings (SSSR count). The van der Waals surface area contributed by atoms with E-state index >= 15 is 0 Å². The molecule has 0 saturated heterocycles. The molecule has 0 aliphatic carbocycles. The number of ether oxygens (including phenoxy) is 2. The van der Waals surface area contributed by atoms with E-state index in [9.17, 15) is 4.79 Å². The van der Waals surface area contributed by atoms with Gasteiger partial charge < -0.3 is 14.8 Å². The molecule has 1 aromatic heterocycles. The van der Waals surface area contributed by atoms with Gasteiger partial charge in [0.2, 0.25) is 0 Å². The van der Waals surface area contributed by atoms with Crippen LogP contribution in [-0.2, 0) is 0 Å². The molecule has 6 nitrogen and oxygen atoms in total. The van der Waals surface area contributed by atoms with Gasteiger partial charge in [0, 0.05) is 12.3 Å². The van der Waals surface area contributed by atoms with E-state index in [1.807, 2.05) is 0 Å². The number of pyridine rings is 1. The third-order valence-electron chi connectivity index (χ3n) is 2.63. The van der Waals surface area contributed by atoms with Crippen LogP contribution in [0.5, 0.6) is 11.5 Å². The third-order valence-corrected chi connectivity index (χ3v) is 2.85. The molecule has 0 radical (unpaired) electrons. The quantitative estimate of drug-likeness (QED) is 0.908. The van der Waals surface area contributed by atoms with Gasteiger partial charge in [0.1, 0.15) is 17.3 Å². The normalized spacial score (nSPS) is 9.86. The van der Waals surface area contributed by atoms with E-state index in [1.165, 1.54) is 13.3 Å². The molecule has 1 aromatic carbocycles. The van der Waals surface area contributed by atoms with E-state index in [2.05, 4.69) is 15.6 Å². The maximum absolute atomic E-state index is 11.9. The Kier molecular flexibility index (Phi) is 4.84. The van der Waals surface area contributed by atoms with Gasteiger partial charge in [-0.25, -0.2) is 9.78 Å². The van der Waals surface area contributed by atoms with Gasteiger partial charge in [0.15, 0.2) is 0 Å². The average Bonchev–Trinajstić information content (AvgIpc) is 2.50. The smallest absolute Gasteiger partial charge is 0.324 e. The van der Waals surface area contributed by atoms with Gasteiger partial charge in [-0.05, 0) is 24.3 Å². The number of carbonyl (C=O) groups is 1. The molecule has 2 aromatic rings. The minimum Gasteiger partial charge on any atom is -0.497 e. The first kappa shape index (κ1) is 14.9. The minimum atomic E-state index is -0.437. The molecule has 1 heterocycles. The number of carbonyl (C=O) groups excluding carboxylic acids is 1. The van der Waals surface area contributed by atoms with Crippen molar-refractivity contribution in [2.75, 3.05) is 24.9 Å². The van der Waals surface area contributed by atoms with Gasteiger partial charge in [0.25, 0.3) is 0 Å². The van der Waals surface area contributed by atoms with Crippen LogP contribution in [0.3, 0.4) is 0 Å². The van der Waals surface area contributed by atoms with Gasteiger partial charge in [-0.15, -0.1) is 0 Å². The van der Waals surface area contributed by atoms with Crippen molar-refractivity contribution >= 4 is 29.1 Å². The summed E-state index contributed by atoms with van der Waals surface area (Å²) < 4.78 is 10.3. The van der Waals surface area contributed by atoms with Crippen molar-refractivity contribution in [3.63, 3.8) is 0 Å². The number of benzene rings is 1. The summed E-state index contributed by atoms with van der Waals surface area (Å²) in [5.41, 5.74) is 0.518. The fourth-order valence-corrected chi connectivity index (χ4v) is 1.73. The van der Waals surface area contributed by atoms with Crippen molar-refractivity contribution < 1.29 is 14.3 Å². The van der Waals surface area contributed by atoms with E-state index in [4.69, 9.17) is 21.1 Å². The van der Waals surface area contributed by atoms with Gasteiger partial charge in [-0.2, -0.15) is 0 Å². The van der Waals surface area contributed by atoms with E-state index in [0.717, 1.165) is 0 Å². The molecule has 0 fully saturated rings. The SMILES string of the molecule is COc1ccc(NC(=O)Nc2ccc(Cl)cn2)c(OC)c1. The lowest BCUT2D eigenvalue weighted by Crippen LogP contribution is -2.20. The average molecular weight is 308 g/mol. The number of anilines is 2. The highest BCUT2D eigenvalue weighted by Gasteiger charge is 2.09. The molecule has 110 valence electrons. The van der Waals surface area contributed by atoms with E-state index in [1.54, 1.807) is 37.4 Å². The Morgan fingerprint density at radius 3 is 2.57 bits per heavy atom. The molecule has 0 spiro atoms. The first-order chi connectivity index (χ1) is 10.1. The summed E-state index contributed by atoms with van der Waals surface area (Å²) in [5, 5.41) is 5.76. The maximum atomic E-state index is 11.9. The number of urea groups is 1. The van der Waals surface area contributed by atoms with E-state index in [-0.39, 0.29) is 0 Å². The Morgan fingerprint density at radius 2 is 1.95 bits per heavy atom. The van der Waals surface area contributed by atoms with Crippen LogP contribution in [0.4, 0.5) is 16.3 Å². The van der Waals surface area contributed by atoms with E-state index in [0.29, 0.717) is 28.0 Å². The molecule has 0 aliphatic heterocycles. The molecule has 2 N–H and O–H groups in total. The number of hydrogen-bond donors (Lipinski definition) is 2. The maximum Gasteiger partial charge on any atom is 0.324 e. The lowest BCUT2D eigenvalue weighted by atomic mass is 10.2. The van der Waals surface area contributed by atoms with Gasteiger partial charge in [-0.1, -0.05) is 11.6 Å². The second-order valence-corrected chi connectivity index (χ2v) is 4.44. The predicted octanol–water partition coefficient (Wildman–Crippen LogP) is 3.40. The molecule has 2 amide bonds. The van der Waals surface area contributed by atoms with E-state index < -0.39 is 6.03 Å². The largest absolute Gasteiger partial charge is 0.497 e. The van der Waals surface area contributed by atoms with Crippen LogP contribution in [-0.4, -0.2) is 25.2 Å². The zero-order chi connectivity index (χ0) is 15.2. The molecule has 21 heavy (non-hydrogen) atoms. The number of nitrogens with one attached hydrogen (secondary N) is 2. The summed E-state index contributed by atoms with van der Waals surface area (Å²) in [6.45, 7) is 0. The lowest BCUT2D eigenvalue weighted by Gasteiger charge is -2.12. The van der Waals surface area contributed by atoms with Gasteiger partial charge in [-0.3, -0.25) is 5.32 Å². The Hall–Kier alpha value is -2.47. The fraction of sp³-hybridized carbons (Fsp3) is 0.143. The van der Waals surface area contributed by atoms with Crippen molar-refractivity contribution in [2.24, 2.45) is 0 Å². The number of amides is 2. The molecule has 0 atom stereocenters. The number of halogens is 1. The van der Waals surface area contributed by atoms with Crippen molar-refractivity contribution in [1.29, 1.82) is 0 Å². The third kappa shape index (κ3) is 4.00. The fourth-order valence-electron chi connectivity index (χ4n) is 1.62. The van der Waals surface area contributed by atoms with Gasteiger partial charge >= 0.3 is 6.03 Å². The van der Waals surface area contributed by atoms with Crippen LogP contribution in [0.2, 0.25) is 5.02 Å². The van der Waals surface area contributed by atoms with Crippen molar-refractivity contribution in [3.05, 3.63) is 41.6 Å². The van der Waals surface area contributed by atoms with Crippen LogP contribution in [0.25, 0.3) is 0 Å². The molecule has 0 saturated carbocycles. The Bertz CT molecular complexity index is 632. The highest BCUT2D eigenvalue weighted by molar-refractivity contribution is 6.30. The summed E-state index contributed by atoms with van der Waals surface area (Å²) in [4.78, 5) is 15.9. The zero-order valence-electron chi connectivity index (χ0n) is 11.5. The first-order valence-corrected chi connectivity index (χ1v) is 6.42. The summed E-state index contributed by atoms with van der Waals surface area (Å²) in [7, 11) is 3.07. The summed E-state index contributed by atoms with van der Waals surface area (Å²) in [5.74, 6) is 1.52. The van der Waals surface area contributed by atoms with Crippen LogP contribution in [0, 0.1) is 0 Å². The molecular formula is C14H14ClN3O3. The number of methoxy groups -OCH3 is 2. The Labute approximate surface area is 127 Å². The second-order valence-electron chi connectivity index (χ2n) is 4.01. The predicted molar refractivity (Wildman–Crippen MR) is 81.4 cm³/mol. The standard InChI is InChI=1S/C14H14ClN3O3/c1-20-10-4-5-11(12(7-10)21-2)17-14(19)18-13-6-3-9(15)8-16-13/h3-8H,1-2H3,(H2,16,17,18,19). The Balaban J connectivity index is 2.07. The van der Waals surface area contributed by atoms with Crippen LogP contribution < -0.4 is 20.1 Å². The highest BCUT2D eigenvalue weighted by atomic mass is 35.5. The van der Waals surface area contributed by atoms with Crippen LogP contribution >= 0.6 is 11.6 Å².